The molecule has 1 unspecified atom stereocenters. The van der Waals surface area contributed by atoms with Crippen molar-refractivity contribution >= 4 is 23.8 Å². The highest BCUT2D eigenvalue weighted by molar-refractivity contribution is 5.92. The Morgan fingerprint density at radius 3 is 2.33 bits per heavy atom. The van der Waals surface area contributed by atoms with Crippen molar-refractivity contribution in [1.82, 2.24) is 15.5 Å². The van der Waals surface area contributed by atoms with E-state index in [1.165, 1.54) is 4.90 Å². The van der Waals surface area contributed by atoms with Gasteiger partial charge in [-0.05, 0) is 37.2 Å². The second-order valence-corrected chi connectivity index (χ2v) is 9.64. The molecule has 0 aliphatic carbocycles. The number of nitrogens with one attached hydrogen (secondary N) is 3. The summed E-state index contributed by atoms with van der Waals surface area (Å²) in [5, 5.41) is 23.9. The number of benzene rings is 1. The number of carbonyl (C=O) groups is 3. The lowest BCUT2D eigenvalue weighted by Gasteiger charge is -2.33. The number of aliphatic hydroxyl groups excluding tert-OH is 1. The van der Waals surface area contributed by atoms with Gasteiger partial charge in [0.25, 0.3) is 0 Å². The summed E-state index contributed by atoms with van der Waals surface area (Å²) in [5.74, 6) is -1.49. The predicted molar refractivity (Wildman–Crippen MR) is 135 cm³/mol. The largest absolute Gasteiger partial charge is 0.480 e. The number of rotatable bonds is 11. The molecule has 10 heteroatoms. The first-order chi connectivity index (χ1) is 17.1. The summed E-state index contributed by atoms with van der Waals surface area (Å²) in [6.45, 7) is 9.68. The van der Waals surface area contributed by atoms with Crippen LogP contribution in [0.5, 0.6) is 0 Å². The molecule has 200 valence electrons. The molecule has 1 saturated heterocycles. The number of carbonyl (C=O) groups excluding carboxylic acids is 3. The number of alkyl carbamates (subject to hydrolysis) is 1. The van der Waals surface area contributed by atoms with Crippen molar-refractivity contribution in [2.24, 2.45) is 11.8 Å². The Morgan fingerprint density at radius 2 is 1.75 bits per heavy atom. The zero-order valence-corrected chi connectivity index (χ0v) is 21.8. The van der Waals surface area contributed by atoms with Gasteiger partial charge in [-0.2, -0.15) is 0 Å². The van der Waals surface area contributed by atoms with E-state index in [4.69, 9.17) is 14.9 Å². The van der Waals surface area contributed by atoms with Gasteiger partial charge in [0.05, 0.1) is 12.6 Å². The van der Waals surface area contributed by atoms with Gasteiger partial charge in [-0.3, -0.25) is 15.0 Å². The van der Waals surface area contributed by atoms with Crippen LogP contribution in [0.3, 0.4) is 0 Å². The van der Waals surface area contributed by atoms with Gasteiger partial charge in [0, 0.05) is 6.54 Å². The summed E-state index contributed by atoms with van der Waals surface area (Å²) in [6.07, 6.45) is -0.908. The summed E-state index contributed by atoms with van der Waals surface area (Å²) >= 11 is 0. The molecule has 1 aromatic rings. The lowest BCUT2D eigenvalue weighted by Crippen LogP contribution is -2.58. The summed E-state index contributed by atoms with van der Waals surface area (Å²) in [6, 6.07) is 6.88. The fourth-order valence-corrected chi connectivity index (χ4v) is 4.16. The van der Waals surface area contributed by atoms with Gasteiger partial charge in [-0.25, -0.2) is 4.79 Å². The first-order valence-corrected chi connectivity index (χ1v) is 12.5. The molecule has 10 nitrogen and oxygen atoms in total. The number of hydrogen-bond donors (Lipinski definition) is 4. The van der Waals surface area contributed by atoms with Gasteiger partial charge < -0.3 is 30.1 Å². The molecule has 1 aromatic carbocycles. The van der Waals surface area contributed by atoms with Crippen molar-refractivity contribution in [3.63, 3.8) is 0 Å². The third kappa shape index (κ3) is 7.94. The van der Waals surface area contributed by atoms with E-state index in [1.54, 1.807) is 6.92 Å². The van der Waals surface area contributed by atoms with Crippen molar-refractivity contribution in [3.8, 4) is 0 Å². The minimum atomic E-state index is -1.30. The van der Waals surface area contributed by atoms with E-state index in [0.717, 1.165) is 5.56 Å². The van der Waals surface area contributed by atoms with Crippen LogP contribution in [0.2, 0.25) is 0 Å². The Morgan fingerprint density at radius 1 is 1.08 bits per heavy atom. The van der Waals surface area contributed by atoms with Crippen molar-refractivity contribution in [3.05, 3.63) is 35.9 Å². The van der Waals surface area contributed by atoms with E-state index in [9.17, 15) is 19.5 Å². The van der Waals surface area contributed by atoms with Crippen LogP contribution in [0, 0.1) is 17.2 Å². The number of nitrogens with zero attached hydrogens (tertiary/aromatic N) is 1. The fourth-order valence-electron chi connectivity index (χ4n) is 4.16. The van der Waals surface area contributed by atoms with E-state index in [1.807, 2.05) is 58.0 Å². The SMILES string of the molecule is CCOC(=N)C(O)[C@@H](NC(=O)[C@@H]1CCCN1C(=O)[C@@H](NC(=O)OCc1ccccc1)C(C)C)C(C)C. The van der Waals surface area contributed by atoms with Gasteiger partial charge in [-0.15, -0.1) is 0 Å². The lowest BCUT2D eigenvalue weighted by molar-refractivity contribution is -0.141. The molecular weight excluding hydrogens is 464 g/mol. The molecule has 2 rings (SSSR count). The van der Waals surface area contributed by atoms with E-state index in [-0.39, 0.29) is 36.9 Å². The predicted octanol–water partition coefficient (Wildman–Crippen LogP) is 2.44. The zero-order valence-electron chi connectivity index (χ0n) is 21.8. The molecular formula is C26H40N4O6. The number of likely N-dealkylation sites (tertiary alicyclic amines) is 1. The first-order valence-electron chi connectivity index (χ1n) is 12.5. The fraction of sp³-hybridized carbons (Fsp3) is 0.615. The summed E-state index contributed by atoms with van der Waals surface area (Å²) in [7, 11) is 0. The molecule has 0 aromatic heterocycles. The number of amides is 3. The van der Waals surface area contributed by atoms with Crippen LogP contribution in [0.1, 0.15) is 53.0 Å². The van der Waals surface area contributed by atoms with E-state index >= 15 is 0 Å². The zero-order chi connectivity index (χ0) is 26.8. The molecule has 4 N–H and O–H groups in total. The number of ether oxygens (including phenoxy) is 2. The average Bonchev–Trinajstić information content (AvgIpc) is 3.34. The Balaban J connectivity index is 2.05. The topological polar surface area (TPSA) is 141 Å². The summed E-state index contributed by atoms with van der Waals surface area (Å²) in [4.78, 5) is 40.5. The monoisotopic (exact) mass is 504 g/mol. The van der Waals surface area contributed by atoms with Gasteiger partial charge in [0.2, 0.25) is 17.7 Å². The van der Waals surface area contributed by atoms with Crippen LogP contribution in [-0.4, -0.2) is 71.2 Å². The number of aliphatic hydroxyl groups is 1. The minimum absolute atomic E-state index is 0.0795. The molecule has 1 fully saturated rings. The maximum atomic E-state index is 13.4. The van der Waals surface area contributed by atoms with E-state index in [0.29, 0.717) is 19.4 Å². The maximum absolute atomic E-state index is 13.4. The van der Waals surface area contributed by atoms with Crippen LogP contribution < -0.4 is 10.6 Å². The minimum Gasteiger partial charge on any atom is -0.480 e. The van der Waals surface area contributed by atoms with Crippen LogP contribution in [-0.2, 0) is 25.7 Å². The van der Waals surface area contributed by atoms with Gasteiger partial charge >= 0.3 is 6.09 Å². The third-order valence-electron chi connectivity index (χ3n) is 6.19. The quantitative estimate of drug-likeness (QED) is 0.269. The van der Waals surface area contributed by atoms with Crippen LogP contribution in [0.4, 0.5) is 4.79 Å². The summed E-state index contributed by atoms with van der Waals surface area (Å²) in [5.41, 5.74) is 0.829. The smallest absolute Gasteiger partial charge is 0.408 e. The third-order valence-corrected chi connectivity index (χ3v) is 6.19. The van der Waals surface area contributed by atoms with Crippen molar-refractivity contribution in [2.45, 2.75) is 78.3 Å². The van der Waals surface area contributed by atoms with Crippen molar-refractivity contribution < 1.29 is 29.0 Å². The standard InChI is InChI=1S/C26H40N4O6/c1-6-35-23(27)22(31)20(16(2)3)28-24(32)19-13-10-14-30(19)25(33)21(17(4)5)29-26(34)36-15-18-11-8-7-9-12-18/h7-9,11-12,16-17,19-22,27,31H,6,10,13-15H2,1-5H3,(H,28,32)(H,29,34)/t19-,20-,21-,22?/m0/s1. The highest BCUT2D eigenvalue weighted by Gasteiger charge is 2.40. The molecule has 0 spiro atoms. The molecule has 1 heterocycles. The molecule has 0 saturated carbocycles. The average molecular weight is 505 g/mol. The Kier molecular flexibility index (Phi) is 11.2. The summed E-state index contributed by atoms with van der Waals surface area (Å²) < 4.78 is 10.4. The van der Waals surface area contributed by atoms with Crippen LogP contribution in [0.15, 0.2) is 30.3 Å². The highest BCUT2D eigenvalue weighted by atomic mass is 16.5. The molecule has 1 aliphatic rings. The van der Waals surface area contributed by atoms with E-state index in [2.05, 4.69) is 10.6 Å². The molecule has 36 heavy (non-hydrogen) atoms. The highest BCUT2D eigenvalue weighted by Crippen LogP contribution is 2.21. The van der Waals surface area contributed by atoms with E-state index < -0.39 is 36.2 Å². The van der Waals surface area contributed by atoms with Crippen LogP contribution in [0.25, 0.3) is 0 Å². The Labute approximate surface area is 213 Å². The number of hydrogen-bond acceptors (Lipinski definition) is 7. The normalized spacial score (nSPS) is 17.9. The van der Waals surface area contributed by atoms with Gasteiger partial charge in [0.15, 0.2) is 0 Å². The van der Waals surface area contributed by atoms with Gasteiger partial charge in [0.1, 0.15) is 24.8 Å². The molecule has 0 radical (unpaired) electrons. The van der Waals surface area contributed by atoms with Crippen molar-refractivity contribution in [2.75, 3.05) is 13.2 Å². The maximum Gasteiger partial charge on any atom is 0.408 e. The van der Waals surface area contributed by atoms with Crippen LogP contribution >= 0.6 is 0 Å². The second-order valence-electron chi connectivity index (χ2n) is 9.64. The Bertz CT molecular complexity index is 892. The molecule has 1 aliphatic heterocycles. The second kappa shape index (κ2) is 13.8. The molecule has 3 amide bonds. The Hall–Kier alpha value is -3.14. The van der Waals surface area contributed by atoms with Crippen molar-refractivity contribution in [1.29, 1.82) is 5.41 Å². The lowest BCUT2D eigenvalue weighted by atomic mass is 9.97. The van der Waals surface area contributed by atoms with Gasteiger partial charge in [-0.1, -0.05) is 58.0 Å². The first kappa shape index (κ1) is 29.1. The molecule has 4 atom stereocenters. The molecule has 0 bridgehead atoms.